The molecular weight excluding hydrogens is 268 g/mol. The molecule has 0 aromatic heterocycles. The van der Waals surface area contributed by atoms with E-state index < -0.39 is 0 Å². The molecule has 0 spiro atoms. The molecule has 0 saturated carbocycles. The Bertz CT molecular complexity index is 478. The maximum Gasteiger partial charge on any atom is 0.257 e. The van der Waals surface area contributed by atoms with E-state index in [1.807, 2.05) is 29.2 Å². The summed E-state index contributed by atoms with van der Waals surface area (Å²) in [5.74, 6) is 1.03. The van der Waals surface area contributed by atoms with Crippen molar-refractivity contribution in [3.05, 3.63) is 29.8 Å². The van der Waals surface area contributed by atoms with Crippen LogP contribution in [0.1, 0.15) is 23.7 Å². The molecule has 2 unspecified atom stereocenters. The van der Waals surface area contributed by atoms with E-state index in [4.69, 9.17) is 15.2 Å². The second-order valence-corrected chi connectivity index (χ2v) is 5.48. The SMILES string of the molecule is COCCOc1ccccc1C(=O)N1CC(CN)CC1C. The fraction of sp³-hybridized carbons (Fsp3) is 0.562. The van der Waals surface area contributed by atoms with Crippen LogP contribution < -0.4 is 10.5 Å². The summed E-state index contributed by atoms with van der Waals surface area (Å²) in [6.07, 6.45) is 0.967. The lowest BCUT2D eigenvalue weighted by Crippen LogP contribution is -2.34. The molecule has 1 saturated heterocycles. The zero-order valence-corrected chi connectivity index (χ0v) is 12.7. The number of benzene rings is 1. The quantitative estimate of drug-likeness (QED) is 0.807. The number of amides is 1. The molecule has 0 radical (unpaired) electrons. The molecule has 1 fully saturated rings. The van der Waals surface area contributed by atoms with Gasteiger partial charge in [0.15, 0.2) is 0 Å². The molecule has 2 N–H and O–H groups in total. The van der Waals surface area contributed by atoms with E-state index in [9.17, 15) is 4.79 Å². The molecule has 21 heavy (non-hydrogen) atoms. The Labute approximate surface area is 126 Å². The number of nitrogens with two attached hydrogens (primary N) is 1. The Morgan fingerprint density at radius 2 is 2.14 bits per heavy atom. The number of nitrogens with zero attached hydrogens (tertiary/aromatic N) is 1. The topological polar surface area (TPSA) is 64.8 Å². The van der Waals surface area contributed by atoms with Crippen molar-refractivity contribution in [2.45, 2.75) is 19.4 Å². The van der Waals surface area contributed by atoms with E-state index in [2.05, 4.69) is 6.92 Å². The van der Waals surface area contributed by atoms with Gasteiger partial charge in [-0.1, -0.05) is 12.1 Å². The van der Waals surface area contributed by atoms with E-state index in [0.717, 1.165) is 13.0 Å². The lowest BCUT2D eigenvalue weighted by molar-refractivity contribution is 0.0736. The average molecular weight is 292 g/mol. The van der Waals surface area contributed by atoms with E-state index in [-0.39, 0.29) is 11.9 Å². The summed E-state index contributed by atoms with van der Waals surface area (Å²) >= 11 is 0. The zero-order chi connectivity index (χ0) is 15.2. The van der Waals surface area contributed by atoms with Crippen molar-refractivity contribution in [3.8, 4) is 5.75 Å². The first-order valence-electron chi connectivity index (χ1n) is 7.39. The molecule has 1 aromatic rings. The predicted octanol–water partition coefficient (Wildman–Crippen LogP) is 1.52. The fourth-order valence-corrected chi connectivity index (χ4v) is 2.75. The van der Waals surface area contributed by atoms with Gasteiger partial charge in [0.2, 0.25) is 0 Å². The summed E-state index contributed by atoms with van der Waals surface area (Å²) < 4.78 is 10.6. The number of ether oxygens (including phenoxy) is 2. The highest BCUT2D eigenvalue weighted by Gasteiger charge is 2.33. The highest BCUT2D eigenvalue weighted by Crippen LogP contribution is 2.27. The van der Waals surface area contributed by atoms with Crippen LogP contribution in [0.5, 0.6) is 5.75 Å². The molecule has 1 aliphatic heterocycles. The first-order valence-corrected chi connectivity index (χ1v) is 7.39. The van der Waals surface area contributed by atoms with Crippen LogP contribution in [0.4, 0.5) is 0 Å². The highest BCUT2D eigenvalue weighted by atomic mass is 16.5. The number of hydrogen-bond acceptors (Lipinski definition) is 4. The third-order valence-corrected chi connectivity index (χ3v) is 3.92. The van der Waals surface area contributed by atoms with Crippen LogP contribution in [0.2, 0.25) is 0 Å². The van der Waals surface area contributed by atoms with Crippen LogP contribution >= 0.6 is 0 Å². The molecule has 1 heterocycles. The molecule has 2 atom stereocenters. The third-order valence-electron chi connectivity index (χ3n) is 3.92. The van der Waals surface area contributed by atoms with Crippen molar-refractivity contribution in [2.75, 3.05) is 33.4 Å². The molecule has 0 bridgehead atoms. The number of methoxy groups -OCH3 is 1. The van der Waals surface area contributed by atoms with Crippen LogP contribution in [0.15, 0.2) is 24.3 Å². The van der Waals surface area contributed by atoms with Gasteiger partial charge in [0.1, 0.15) is 12.4 Å². The molecule has 116 valence electrons. The summed E-state index contributed by atoms with van der Waals surface area (Å²) in [6.45, 7) is 4.35. The van der Waals surface area contributed by atoms with Gasteiger partial charge in [-0.3, -0.25) is 4.79 Å². The van der Waals surface area contributed by atoms with Crippen LogP contribution in [-0.2, 0) is 4.74 Å². The van der Waals surface area contributed by atoms with Crippen molar-refractivity contribution in [1.29, 1.82) is 0 Å². The van der Waals surface area contributed by atoms with Gasteiger partial charge >= 0.3 is 0 Å². The molecule has 1 aromatic carbocycles. The largest absolute Gasteiger partial charge is 0.490 e. The maximum absolute atomic E-state index is 12.7. The van der Waals surface area contributed by atoms with Crippen LogP contribution in [0.3, 0.4) is 0 Å². The smallest absolute Gasteiger partial charge is 0.257 e. The number of carbonyl (C=O) groups excluding carboxylic acids is 1. The van der Waals surface area contributed by atoms with Gasteiger partial charge in [-0.05, 0) is 37.9 Å². The number of para-hydroxylation sites is 1. The number of carbonyl (C=O) groups is 1. The summed E-state index contributed by atoms with van der Waals surface area (Å²) in [5.41, 5.74) is 6.34. The van der Waals surface area contributed by atoms with E-state index in [1.54, 1.807) is 7.11 Å². The minimum atomic E-state index is 0.0199. The average Bonchev–Trinajstić information content (AvgIpc) is 2.88. The normalized spacial score (nSPS) is 21.6. The number of rotatable bonds is 6. The first kappa shape index (κ1) is 15.8. The predicted molar refractivity (Wildman–Crippen MR) is 81.5 cm³/mol. The third kappa shape index (κ3) is 3.74. The maximum atomic E-state index is 12.7. The van der Waals surface area contributed by atoms with Crippen molar-refractivity contribution in [3.63, 3.8) is 0 Å². The summed E-state index contributed by atoms with van der Waals surface area (Å²) in [5, 5.41) is 0. The summed E-state index contributed by atoms with van der Waals surface area (Å²) in [6, 6.07) is 7.59. The lowest BCUT2D eigenvalue weighted by Gasteiger charge is -2.23. The Morgan fingerprint density at radius 3 is 2.81 bits per heavy atom. The van der Waals surface area contributed by atoms with Gasteiger partial charge in [-0.25, -0.2) is 0 Å². The zero-order valence-electron chi connectivity index (χ0n) is 12.7. The monoisotopic (exact) mass is 292 g/mol. The minimum Gasteiger partial charge on any atom is -0.490 e. The Kier molecular flexibility index (Phi) is 5.59. The van der Waals surface area contributed by atoms with Crippen molar-refractivity contribution >= 4 is 5.91 Å². The Morgan fingerprint density at radius 1 is 1.38 bits per heavy atom. The molecule has 0 aliphatic carbocycles. The molecule has 1 aliphatic rings. The first-order chi connectivity index (χ1) is 10.2. The van der Waals surface area contributed by atoms with Gasteiger partial charge in [0.25, 0.3) is 5.91 Å². The van der Waals surface area contributed by atoms with Gasteiger partial charge in [-0.2, -0.15) is 0 Å². The molecule has 2 rings (SSSR count). The van der Waals surface area contributed by atoms with Crippen LogP contribution in [-0.4, -0.2) is 50.3 Å². The van der Waals surface area contributed by atoms with Crippen LogP contribution in [0.25, 0.3) is 0 Å². The van der Waals surface area contributed by atoms with Gasteiger partial charge in [0.05, 0.1) is 12.2 Å². The second-order valence-electron chi connectivity index (χ2n) is 5.48. The van der Waals surface area contributed by atoms with Crippen LogP contribution in [0, 0.1) is 5.92 Å². The fourth-order valence-electron chi connectivity index (χ4n) is 2.75. The van der Waals surface area contributed by atoms with E-state index >= 15 is 0 Å². The Balaban J connectivity index is 2.11. The summed E-state index contributed by atoms with van der Waals surface area (Å²) in [4.78, 5) is 14.6. The summed E-state index contributed by atoms with van der Waals surface area (Å²) in [7, 11) is 1.62. The van der Waals surface area contributed by atoms with E-state index in [1.165, 1.54) is 0 Å². The standard InChI is InChI=1S/C16H24N2O3/c1-12-9-13(10-17)11-18(12)16(19)14-5-3-4-6-15(14)21-8-7-20-2/h3-6,12-13H,7-11,17H2,1-2H3. The van der Waals surface area contributed by atoms with Crippen molar-refractivity contribution < 1.29 is 14.3 Å². The lowest BCUT2D eigenvalue weighted by atomic mass is 10.1. The van der Waals surface area contributed by atoms with E-state index in [0.29, 0.717) is 37.0 Å². The van der Waals surface area contributed by atoms with Gasteiger partial charge in [-0.15, -0.1) is 0 Å². The number of hydrogen-bond donors (Lipinski definition) is 1. The molecule has 1 amide bonds. The van der Waals surface area contributed by atoms with Gasteiger partial charge in [0, 0.05) is 19.7 Å². The second kappa shape index (κ2) is 7.43. The van der Waals surface area contributed by atoms with Crippen molar-refractivity contribution in [2.24, 2.45) is 11.7 Å². The molecular formula is C16H24N2O3. The minimum absolute atomic E-state index is 0.0199. The molecule has 5 heteroatoms. The van der Waals surface area contributed by atoms with Crippen molar-refractivity contribution in [1.82, 2.24) is 4.90 Å². The highest BCUT2D eigenvalue weighted by molar-refractivity contribution is 5.97. The van der Waals surface area contributed by atoms with Gasteiger partial charge < -0.3 is 20.1 Å². The Hall–Kier alpha value is -1.59. The number of likely N-dealkylation sites (tertiary alicyclic amines) is 1. The molecule has 5 nitrogen and oxygen atoms in total.